The Morgan fingerprint density at radius 3 is 2.81 bits per heavy atom. The fourth-order valence-corrected chi connectivity index (χ4v) is 2.97. The monoisotopic (exact) mass is 282 g/mol. The zero-order valence-corrected chi connectivity index (χ0v) is 12.3. The van der Waals surface area contributed by atoms with Crippen molar-refractivity contribution in [1.29, 1.82) is 0 Å². The van der Waals surface area contributed by atoms with E-state index in [-0.39, 0.29) is 5.91 Å². The second-order valence-corrected chi connectivity index (χ2v) is 5.80. The zero-order valence-electron chi connectivity index (χ0n) is 12.3. The van der Waals surface area contributed by atoms with Crippen LogP contribution in [-0.2, 0) is 4.79 Å². The predicted octanol–water partition coefficient (Wildman–Crippen LogP) is 3.70. The molecule has 1 fully saturated rings. The van der Waals surface area contributed by atoms with Gasteiger partial charge in [0.15, 0.2) is 0 Å². The molecule has 1 aliphatic rings. The molecule has 110 valence electrons. The van der Waals surface area contributed by atoms with Crippen molar-refractivity contribution in [2.75, 3.05) is 11.9 Å². The number of amides is 1. The summed E-state index contributed by atoms with van der Waals surface area (Å²) >= 11 is 0. The van der Waals surface area contributed by atoms with Crippen LogP contribution in [0, 0.1) is 0 Å². The molecule has 1 atom stereocenters. The number of anilines is 1. The third kappa shape index (κ3) is 3.82. The van der Waals surface area contributed by atoms with Crippen molar-refractivity contribution in [2.45, 2.75) is 38.1 Å². The maximum Gasteiger partial charge on any atom is 0.224 e. The Morgan fingerprint density at radius 1 is 1.14 bits per heavy atom. The van der Waals surface area contributed by atoms with E-state index in [0.29, 0.717) is 12.5 Å². The highest BCUT2D eigenvalue weighted by molar-refractivity contribution is 5.94. The van der Waals surface area contributed by atoms with Crippen LogP contribution in [0.5, 0.6) is 0 Å². The topological polar surface area (TPSA) is 41.1 Å². The van der Waals surface area contributed by atoms with Crippen molar-refractivity contribution >= 4 is 22.4 Å². The summed E-state index contributed by atoms with van der Waals surface area (Å²) in [6.07, 6.45) is 5.26. The third-order valence-electron chi connectivity index (χ3n) is 4.17. The number of rotatable bonds is 4. The summed E-state index contributed by atoms with van der Waals surface area (Å²) in [5, 5.41) is 8.84. The lowest BCUT2D eigenvalue weighted by Gasteiger charge is -2.23. The molecular formula is C18H22N2O. The highest BCUT2D eigenvalue weighted by Crippen LogP contribution is 2.19. The van der Waals surface area contributed by atoms with Crippen LogP contribution in [-0.4, -0.2) is 18.5 Å². The average Bonchev–Trinajstić information content (AvgIpc) is 2.54. The Bertz CT molecular complexity index is 617. The second kappa shape index (κ2) is 6.72. The number of fused-ring (bicyclic) bond motifs is 1. The van der Waals surface area contributed by atoms with Crippen molar-refractivity contribution in [3.05, 3.63) is 42.5 Å². The van der Waals surface area contributed by atoms with Gasteiger partial charge in [-0.15, -0.1) is 0 Å². The molecule has 1 heterocycles. The number of carbonyl (C=O) groups is 1. The first-order chi connectivity index (χ1) is 10.3. The quantitative estimate of drug-likeness (QED) is 0.897. The molecule has 1 amide bonds. The van der Waals surface area contributed by atoms with Crippen molar-refractivity contribution < 1.29 is 4.79 Å². The van der Waals surface area contributed by atoms with E-state index in [1.165, 1.54) is 24.6 Å². The van der Waals surface area contributed by atoms with E-state index in [4.69, 9.17) is 0 Å². The summed E-state index contributed by atoms with van der Waals surface area (Å²) in [5.41, 5.74) is 0.885. The number of carbonyl (C=O) groups excluding carboxylic acids is 1. The van der Waals surface area contributed by atoms with Gasteiger partial charge < -0.3 is 10.6 Å². The molecule has 0 radical (unpaired) electrons. The standard InChI is InChI=1S/C18H22N2O/c21-18(11-10-16-7-3-4-12-19-16)20-17-9-8-14-5-1-2-6-15(14)13-17/h1-2,5-6,8-9,13,16,19H,3-4,7,10-12H2,(H,20,21). The first-order valence-corrected chi connectivity index (χ1v) is 7.83. The molecule has 3 heteroatoms. The van der Waals surface area contributed by atoms with Gasteiger partial charge >= 0.3 is 0 Å². The minimum atomic E-state index is 0.109. The van der Waals surface area contributed by atoms with Crippen LogP contribution in [0.4, 0.5) is 5.69 Å². The number of nitrogens with one attached hydrogen (secondary N) is 2. The molecule has 0 bridgehead atoms. The fraction of sp³-hybridized carbons (Fsp3) is 0.389. The molecule has 2 N–H and O–H groups in total. The highest BCUT2D eigenvalue weighted by Gasteiger charge is 2.14. The van der Waals surface area contributed by atoms with E-state index in [1.807, 2.05) is 30.3 Å². The van der Waals surface area contributed by atoms with Gasteiger partial charge in [0.1, 0.15) is 0 Å². The van der Waals surface area contributed by atoms with Crippen LogP contribution >= 0.6 is 0 Å². The molecule has 3 rings (SSSR count). The van der Waals surface area contributed by atoms with E-state index < -0.39 is 0 Å². The molecule has 0 aromatic heterocycles. The Balaban J connectivity index is 1.55. The molecular weight excluding hydrogens is 260 g/mol. The first kappa shape index (κ1) is 14.1. The number of piperidine rings is 1. The largest absolute Gasteiger partial charge is 0.326 e. The molecule has 1 saturated heterocycles. The van der Waals surface area contributed by atoms with Crippen molar-refractivity contribution in [3.63, 3.8) is 0 Å². The average molecular weight is 282 g/mol. The van der Waals surface area contributed by atoms with Crippen molar-refractivity contribution in [1.82, 2.24) is 5.32 Å². The Kier molecular flexibility index (Phi) is 4.51. The molecule has 21 heavy (non-hydrogen) atoms. The fourth-order valence-electron chi connectivity index (χ4n) is 2.97. The van der Waals surface area contributed by atoms with Crippen molar-refractivity contribution in [2.24, 2.45) is 0 Å². The Labute approximate surface area is 125 Å². The van der Waals surface area contributed by atoms with Gasteiger partial charge in [0.25, 0.3) is 0 Å². The molecule has 1 unspecified atom stereocenters. The lowest BCUT2D eigenvalue weighted by Crippen LogP contribution is -2.34. The summed E-state index contributed by atoms with van der Waals surface area (Å²) in [6, 6.07) is 14.8. The van der Waals surface area contributed by atoms with E-state index >= 15 is 0 Å². The van der Waals surface area contributed by atoms with Crippen LogP contribution in [0.1, 0.15) is 32.1 Å². The van der Waals surface area contributed by atoms with Gasteiger partial charge in [0.2, 0.25) is 5.91 Å². The first-order valence-electron chi connectivity index (χ1n) is 7.83. The lowest BCUT2D eigenvalue weighted by molar-refractivity contribution is -0.116. The number of hydrogen-bond acceptors (Lipinski definition) is 2. The van der Waals surface area contributed by atoms with Crippen molar-refractivity contribution in [3.8, 4) is 0 Å². The molecule has 1 aliphatic heterocycles. The predicted molar refractivity (Wildman–Crippen MR) is 87.5 cm³/mol. The minimum Gasteiger partial charge on any atom is -0.326 e. The van der Waals surface area contributed by atoms with Gasteiger partial charge in [-0.3, -0.25) is 4.79 Å². The van der Waals surface area contributed by atoms with E-state index in [9.17, 15) is 4.79 Å². The van der Waals surface area contributed by atoms with Crippen LogP contribution in [0.3, 0.4) is 0 Å². The second-order valence-electron chi connectivity index (χ2n) is 5.80. The van der Waals surface area contributed by atoms with Crippen LogP contribution < -0.4 is 10.6 Å². The third-order valence-corrected chi connectivity index (χ3v) is 4.17. The maximum atomic E-state index is 12.1. The molecule has 2 aromatic rings. The zero-order chi connectivity index (χ0) is 14.5. The van der Waals surface area contributed by atoms with E-state index in [0.717, 1.165) is 24.0 Å². The maximum absolute atomic E-state index is 12.1. The van der Waals surface area contributed by atoms with Gasteiger partial charge in [-0.25, -0.2) is 0 Å². The summed E-state index contributed by atoms with van der Waals surface area (Å²) < 4.78 is 0. The SMILES string of the molecule is O=C(CCC1CCCCN1)Nc1ccc2ccccc2c1. The Hall–Kier alpha value is -1.87. The molecule has 0 spiro atoms. The summed E-state index contributed by atoms with van der Waals surface area (Å²) in [6.45, 7) is 1.09. The van der Waals surface area contributed by atoms with Crippen LogP contribution in [0.2, 0.25) is 0 Å². The van der Waals surface area contributed by atoms with Gasteiger partial charge in [-0.2, -0.15) is 0 Å². The van der Waals surface area contributed by atoms with E-state index in [2.05, 4.69) is 22.8 Å². The van der Waals surface area contributed by atoms with Gasteiger partial charge in [0, 0.05) is 18.2 Å². The normalized spacial score (nSPS) is 18.6. The lowest BCUT2D eigenvalue weighted by atomic mass is 10.0. The Morgan fingerprint density at radius 2 is 2.00 bits per heavy atom. The molecule has 2 aromatic carbocycles. The van der Waals surface area contributed by atoms with Crippen LogP contribution in [0.25, 0.3) is 10.8 Å². The molecule has 0 saturated carbocycles. The highest BCUT2D eigenvalue weighted by atomic mass is 16.1. The van der Waals surface area contributed by atoms with Crippen LogP contribution in [0.15, 0.2) is 42.5 Å². The molecule has 3 nitrogen and oxygen atoms in total. The summed E-state index contributed by atoms with van der Waals surface area (Å²) in [4.78, 5) is 12.1. The summed E-state index contributed by atoms with van der Waals surface area (Å²) in [7, 11) is 0. The number of hydrogen-bond donors (Lipinski definition) is 2. The summed E-state index contributed by atoms with van der Waals surface area (Å²) in [5.74, 6) is 0.109. The van der Waals surface area contributed by atoms with Gasteiger partial charge in [0.05, 0.1) is 0 Å². The minimum absolute atomic E-state index is 0.109. The van der Waals surface area contributed by atoms with Gasteiger partial charge in [-0.1, -0.05) is 36.8 Å². The molecule has 0 aliphatic carbocycles. The number of benzene rings is 2. The van der Waals surface area contributed by atoms with E-state index in [1.54, 1.807) is 0 Å². The van der Waals surface area contributed by atoms with Gasteiger partial charge in [-0.05, 0) is 48.7 Å². The smallest absolute Gasteiger partial charge is 0.224 e.